The third-order valence-corrected chi connectivity index (χ3v) is 2.95. The van der Waals surface area contributed by atoms with Gasteiger partial charge in [-0.05, 0) is 13.8 Å². The van der Waals surface area contributed by atoms with Gasteiger partial charge in [-0.1, -0.05) is 20.8 Å². The number of carboxylic acid groups (broad SMARTS) is 1. The molecule has 1 atom stereocenters. The Kier molecular flexibility index (Phi) is 5.12. The van der Waals surface area contributed by atoms with Gasteiger partial charge in [-0.2, -0.15) is 0 Å². The fourth-order valence-electron chi connectivity index (χ4n) is 1.03. The zero-order chi connectivity index (χ0) is 13.9. The molecule has 0 saturated carbocycles. The van der Waals surface area contributed by atoms with Crippen molar-refractivity contribution in [3.8, 4) is 0 Å². The van der Waals surface area contributed by atoms with Crippen LogP contribution in [-0.2, 0) is 9.59 Å². The van der Waals surface area contributed by atoms with E-state index in [1.807, 2.05) is 0 Å². The lowest BCUT2D eigenvalue weighted by molar-refractivity contribution is -0.144. The Morgan fingerprint density at radius 2 is 1.71 bits per heavy atom. The van der Waals surface area contributed by atoms with Gasteiger partial charge in [0.05, 0.1) is 4.75 Å². The van der Waals surface area contributed by atoms with Crippen molar-refractivity contribution in [2.45, 2.75) is 45.4 Å². The molecule has 0 aromatic carbocycles. The summed E-state index contributed by atoms with van der Waals surface area (Å²) in [4.78, 5) is 33.1. The summed E-state index contributed by atoms with van der Waals surface area (Å²) < 4.78 is 1.63. The van der Waals surface area contributed by atoms with Crippen LogP contribution in [0.3, 0.4) is 0 Å². The van der Waals surface area contributed by atoms with Crippen LogP contribution >= 0.6 is 11.9 Å². The van der Waals surface area contributed by atoms with Crippen molar-refractivity contribution < 1.29 is 14.7 Å². The standard InChI is InChI=1S/C10H18N2O4S/c1-9(2,3)8(15)11-6(7(13)14)10(4,5)17-12-16/h6H,1-5H3,(H,11,15)(H,13,14). The molecule has 0 spiro atoms. The van der Waals surface area contributed by atoms with Gasteiger partial charge >= 0.3 is 5.97 Å². The molecule has 2 N–H and O–H groups in total. The number of nitroso groups, excluding NO2 is 1. The number of aliphatic carboxylic acids is 1. The molecule has 0 saturated heterocycles. The van der Waals surface area contributed by atoms with E-state index < -0.39 is 22.2 Å². The van der Waals surface area contributed by atoms with Crippen LogP contribution in [0.1, 0.15) is 34.6 Å². The van der Waals surface area contributed by atoms with Crippen molar-refractivity contribution in [1.82, 2.24) is 5.32 Å². The third kappa shape index (κ3) is 4.72. The Morgan fingerprint density at radius 3 is 2.00 bits per heavy atom. The number of amides is 1. The van der Waals surface area contributed by atoms with Crippen LogP contribution in [-0.4, -0.2) is 27.8 Å². The molecule has 0 bridgehead atoms. The minimum atomic E-state index is -1.19. The lowest BCUT2D eigenvalue weighted by Gasteiger charge is -2.30. The Hall–Kier alpha value is -1.11. The summed E-state index contributed by atoms with van der Waals surface area (Å²) in [6.07, 6.45) is 0. The molecule has 0 aromatic heterocycles. The smallest absolute Gasteiger partial charge is 0.327 e. The molecular formula is C10H18N2O4S. The van der Waals surface area contributed by atoms with Crippen LogP contribution in [0.25, 0.3) is 0 Å². The van der Waals surface area contributed by atoms with Crippen LogP contribution in [0, 0.1) is 10.3 Å². The summed E-state index contributed by atoms with van der Waals surface area (Å²) in [7, 11) is 0. The zero-order valence-corrected chi connectivity index (χ0v) is 11.4. The number of carbonyl (C=O) groups is 2. The lowest BCUT2D eigenvalue weighted by atomic mass is 9.93. The SMILES string of the molecule is CC(C)(C)C(=O)NC(C(=O)O)C(C)(C)SN=O. The predicted molar refractivity (Wildman–Crippen MR) is 66.5 cm³/mol. The molecule has 1 unspecified atom stereocenters. The van der Waals surface area contributed by atoms with E-state index in [1.54, 1.807) is 34.6 Å². The largest absolute Gasteiger partial charge is 0.480 e. The summed E-state index contributed by atoms with van der Waals surface area (Å²) >= 11 is 0.597. The number of nitrogens with zero attached hydrogens (tertiary/aromatic N) is 1. The van der Waals surface area contributed by atoms with Crippen molar-refractivity contribution in [3.63, 3.8) is 0 Å². The molecule has 0 aromatic rings. The van der Waals surface area contributed by atoms with Crippen molar-refractivity contribution in [2.24, 2.45) is 10.00 Å². The van der Waals surface area contributed by atoms with Gasteiger partial charge in [-0.25, -0.2) is 4.79 Å². The van der Waals surface area contributed by atoms with Crippen molar-refractivity contribution in [3.05, 3.63) is 4.91 Å². The molecule has 98 valence electrons. The number of rotatable bonds is 5. The Morgan fingerprint density at radius 1 is 1.24 bits per heavy atom. The Bertz CT molecular complexity index is 323. The zero-order valence-electron chi connectivity index (χ0n) is 10.6. The van der Waals surface area contributed by atoms with Gasteiger partial charge in [0.15, 0.2) is 0 Å². The summed E-state index contributed by atoms with van der Waals surface area (Å²) in [5.41, 5.74) is -0.691. The molecular weight excluding hydrogens is 244 g/mol. The number of hydrogen-bond acceptors (Lipinski definition) is 5. The first kappa shape index (κ1) is 15.9. The topological polar surface area (TPSA) is 95.8 Å². The van der Waals surface area contributed by atoms with Crippen LogP contribution in [0.5, 0.6) is 0 Å². The second kappa shape index (κ2) is 5.48. The van der Waals surface area contributed by atoms with E-state index in [9.17, 15) is 14.5 Å². The summed E-state index contributed by atoms with van der Waals surface area (Å²) in [6.45, 7) is 8.12. The highest BCUT2D eigenvalue weighted by atomic mass is 32.2. The maximum absolute atomic E-state index is 11.7. The maximum Gasteiger partial charge on any atom is 0.327 e. The van der Waals surface area contributed by atoms with Gasteiger partial charge in [-0.15, -0.1) is 4.91 Å². The van der Waals surface area contributed by atoms with Crippen molar-refractivity contribution in [2.75, 3.05) is 0 Å². The first-order valence-corrected chi connectivity index (χ1v) is 5.84. The fourth-order valence-corrected chi connectivity index (χ4v) is 1.49. The van der Waals surface area contributed by atoms with E-state index in [1.165, 1.54) is 0 Å². The highest BCUT2D eigenvalue weighted by Crippen LogP contribution is 2.29. The highest BCUT2D eigenvalue weighted by Gasteiger charge is 2.39. The predicted octanol–water partition coefficient (Wildman–Crippen LogP) is 1.80. The molecule has 0 rings (SSSR count). The molecule has 7 heteroatoms. The van der Waals surface area contributed by atoms with E-state index in [2.05, 4.69) is 9.90 Å². The minimum Gasteiger partial charge on any atom is -0.480 e. The molecule has 0 aliphatic carbocycles. The van der Waals surface area contributed by atoms with Gasteiger partial charge in [0.1, 0.15) is 6.04 Å². The lowest BCUT2D eigenvalue weighted by Crippen LogP contribution is -2.54. The van der Waals surface area contributed by atoms with E-state index in [4.69, 9.17) is 5.11 Å². The van der Waals surface area contributed by atoms with Gasteiger partial charge in [0, 0.05) is 21.9 Å². The summed E-state index contributed by atoms with van der Waals surface area (Å²) in [5.74, 6) is -1.58. The van der Waals surface area contributed by atoms with Gasteiger partial charge in [-0.3, -0.25) is 4.79 Å². The molecule has 0 radical (unpaired) electrons. The number of carboxylic acids is 1. The molecule has 0 heterocycles. The van der Waals surface area contributed by atoms with Crippen molar-refractivity contribution in [1.29, 1.82) is 0 Å². The minimum absolute atomic E-state index is 0.385. The first-order valence-electron chi connectivity index (χ1n) is 5.07. The number of hydrogen-bond donors (Lipinski definition) is 2. The highest BCUT2D eigenvalue weighted by molar-refractivity contribution is 7.99. The Balaban J connectivity index is 4.96. The monoisotopic (exact) mass is 262 g/mol. The van der Waals surface area contributed by atoms with Gasteiger partial charge < -0.3 is 10.4 Å². The number of nitrogens with one attached hydrogen (secondary N) is 1. The molecule has 6 nitrogen and oxygen atoms in total. The third-order valence-electron chi connectivity index (χ3n) is 2.17. The van der Waals surface area contributed by atoms with E-state index in [0.29, 0.717) is 11.9 Å². The average Bonchev–Trinajstić information content (AvgIpc) is 2.10. The van der Waals surface area contributed by atoms with E-state index in [0.717, 1.165) is 0 Å². The van der Waals surface area contributed by atoms with Crippen LogP contribution < -0.4 is 5.32 Å². The average molecular weight is 262 g/mol. The second-order valence-corrected chi connectivity index (χ2v) is 6.65. The van der Waals surface area contributed by atoms with Crippen molar-refractivity contribution >= 4 is 23.8 Å². The molecule has 1 amide bonds. The first-order chi connectivity index (χ1) is 7.52. The molecule has 0 aliphatic rings. The normalized spacial score (nSPS) is 13.9. The van der Waals surface area contributed by atoms with Crippen LogP contribution in [0.2, 0.25) is 0 Å². The fraction of sp³-hybridized carbons (Fsp3) is 0.800. The van der Waals surface area contributed by atoms with Crippen LogP contribution in [0.4, 0.5) is 0 Å². The molecule has 0 fully saturated rings. The Labute approximate surface area is 105 Å². The van der Waals surface area contributed by atoms with Gasteiger partial charge in [0.25, 0.3) is 0 Å². The second-order valence-electron chi connectivity index (χ2n) is 5.26. The quantitative estimate of drug-likeness (QED) is 0.581. The maximum atomic E-state index is 11.7. The summed E-state index contributed by atoms with van der Waals surface area (Å²) in [6, 6.07) is -1.17. The van der Waals surface area contributed by atoms with E-state index >= 15 is 0 Å². The molecule has 17 heavy (non-hydrogen) atoms. The number of carbonyl (C=O) groups excluding carboxylic acids is 1. The molecule has 0 aliphatic heterocycles. The van der Waals surface area contributed by atoms with Gasteiger partial charge in [0.2, 0.25) is 5.91 Å². The van der Waals surface area contributed by atoms with Crippen LogP contribution in [0.15, 0.2) is 4.58 Å². The summed E-state index contributed by atoms with van der Waals surface area (Å²) in [5, 5.41) is 11.5. The van der Waals surface area contributed by atoms with E-state index in [-0.39, 0.29) is 5.91 Å².